The Morgan fingerprint density at radius 1 is 0.377 bits per heavy atom. The molecule has 0 bridgehead atoms. The number of fused-ring (bicyclic) bond motifs is 10. The van der Waals surface area contributed by atoms with E-state index in [0.717, 1.165) is 93.9 Å². The number of para-hydroxylation sites is 2. The van der Waals surface area contributed by atoms with Crippen LogP contribution in [0.5, 0.6) is 0 Å². The van der Waals surface area contributed by atoms with E-state index in [1.807, 2.05) is 84.9 Å². The van der Waals surface area contributed by atoms with E-state index in [1.54, 1.807) is 24.3 Å². The molecule has 0 saturated carbocycles. The van der Waals surface area contributed by atoms with Gasteiger partial charge in [0.25, 0.3) is 6.71 Å². The van der Waals surface area contributed by atoms with Crippen LogP contribution in [0.4, 0.5) is 0 Å². The summed E-state index contributed by atoms with van der Waals surface area (Å²) in [7, 11) is 0. The molecular formula is C59H34BN5O4. The molecule has 9 aromatic carbocycles. The molecule has 0 spiro atoms. The molecule has 0 fully saturated rings. The number of hydrogen-bond acceptors (Lipinski definition) is 5. The number of hydrogen-bond donors (Lipinski definition) is 2. The van der Waals surface area contributed by atoms with Crippen LogP contribution in [-0.4, -0.2) is 53.0 Å². The summed E-state index contributed by atoms with van der Waals surface area (Å²) in [4.78, 5) is 39.0. The fourth-order valence-electron chi connectivity index (χ4n) is 11.0. The molecule has 0 unspecified atom stereocenters. The summed E-state index contributed by atoms with van der Waals surface area (Å²) >= 11 is 0. The zero-order valence-electron chi connectivity index (χ0n) is 36.5. The summed E-state index contributed by atoms with van der Waals surface area (Å²) in [6, 6.07) is 65.1. The topological polar surface area (TPSA) is 123 Å². The summed E-state index contributed by atoms with van der Waals surface area (Å²) in [5.41, 5.74) is 17.0. The van der Waals surface area contributed by atoms with Gasteiger partial charge in [-0.3, -0.25) is 0 Å². The van der Waals surface area contributed by atoms with Crippen molar-refractivity contribution < 1.29 is 19.8 Å². The van der Waals surface area contributed by atoms with Gasteiger partial charge in [-0.2, -0.15) is 0 Å². The van der Waals surface area contributed by atoms with Crippen LogP contribution >= 0.6 is 0 Å². The maximum Gasteiger partial charge on any atom is 0.335 e. The molecule has 0 atom stereocenters. The highest BCUT2D eigenvalue weighted by molar-refractivity contribution is 7.00. The highest BCUT2D eigenvalue weighted by Crippen LogP contribution is 2.42. The fourth-order valence-corrected chi connectivity index (χ4v) is 11.0. The van der Waals surface area contributed by atoms with Gasteiger partial charge in [0.05, 0.1) is 22.2 Å². The smallest absolute Gasteiger partial charge is 0.335 e. The molecule has 2 aliphatic heterocycles. The predicted octanol–water partition coefficient (Wildman–Crippen LogP) is 10.9. The molecule has 69 heavy (non-hydrogen) atoms. The van der Waals surface area contributed by atoms with Gasteiger partial charge in [0.15, 0.2) is 17.5 Å². The third-order valence-electron chi connectivity index (χ3n) is 14.1. The molecule has 14 rings (SSSR count). The third kappa shape index (κ3) is 5.75. The van der Waals surface area contributed by atoms with E-state index in [2.05, 4.69) is 94.1 Å². The maximum absolute atomic E-state index is 11.7. The third-order valence-corrected chi connectivity index (χ3v) is 14.1. The SMILES string of the molecule is O=C(O)c1ccc(-c2ccc3c(c2)c2cccc4c2n3-c2cc(-c3nc(-c5ccccc5)nc(-c5ccccc5)n3)cc3c2B4c2cccc4c5cc(-c6ccc(C(=O)O)cc6)ccc5n-3c24)cc1. The Morgan fingerprint density at radius 2 is 0.783 bits per heavy atom. The van der Waals surface area contributed by atoms with Gasteiger partial charge < -0.3 is 19.3 Å². The highest BCUT2D eigenvalue weighted by atomic mass is 16.4. The van der Waals surface area contributed by atoms with Crippen molar-refractivity contribution in [2.24, 2.45) is 0 Å². The van der Waals surface area contributed by atoms with Gasteiger partial charge in [-0.15, -0.1) is 0 Å². The van der Waals surface area contributed by atoms with Gasteiger partial charge in [-0.05, 0) is 99.3 Å². The van der Waals surface area contributed by atoms with Crippen molar-refractivity contribution in [3.05, 3.63) is 205 Å². The Kier molecular flexibility index (Phi) is 8.19. The average molecular weight is 888 g/mol. The minimum atomic E-state index is -0.954. The van der Waals surface area contributed by atoms with E-state index in [1.165, 1.54) is 16.4 Å². The molecule has 5 heterocycles. The molecule has 322 valence electrons. The number of aromatic nitrogens is 5. The van der Waals surface area contributed by atoms with Gasteiger partial charge >= 0.3 is 11.9 Å². The van der Waals surface area contributed by atoms with Crippen LogP contribution < -0.4 is 16.4 Å². The van der Waals surface area contributed by atoms with Crippen molar-refractivity contribution in [1.29, 1.82) is 0 Å². The normalized spacial score (nSPS) is 12.3. The van der Waals surface area contributed by atoms with E-state index in [0.29, 0.717) is 17.5 Å². The molecule has 2 aliphatic rings. The zero-order valence-corrected chi connectivity index (χ0v) is 36.5. The van der Waals surface area contributed by atoms with Gasteiger partial charge in [0, 0.05) is 60.6 Å². The number of aromatic carboxylic acids is 2. The van der Waals surface area contributed by atoms with E-state index in [4.69, 9.17) is 15.0 Å². The lowest BCUT2D eigenvalue weighted by molar-refractivity contribution is 0.0686. The molecule has 3 aromatic heterocycles. The second kappa shape index (κ2) is 14.5. The van der Waals surface area contributed by atoms with Crippen LogP contribution in [0.2, 0.25) is 0 Å². The average Bonchev–Trinajstić information content (AvgIpc) is 3.92. The number of carbonyl (C=O) groups is 2. The second-order valence-electron chi connectivity index (χ2n) is 17.8. The second-order valence-corrected chi connectivity index (χ2v) is 17.8. The van der Waals surface area contributed by atoms with Crippen LogP contribution in [0.1, 0.15) is 20.7 Å². The van der Waals surface area contributed by atoms with E-state index in [-0.39, 0.29) is 17.8 Å². The first-order valence-electron chi connectivity index (χ1n) is 22.7. The molecule has 9 nitrogen and oxygen atoms in total. The summed E-state index contributed by atoms with van der Waals surface area (Å²) < 4.78 is 4.84. The molecule has 0 radical (unpaired) electrons. The number of rotatable bonds is 7. The standard InChI is InChI=1S/C59H34BN5O4/c66-58(67)37-21-17-33(18-22-37)39-25-27-48-44(29-39)42-13-7-15-46-53(42)64(48)50-31-41(57-62-55(35-9-3-1-4-10-35)61-56(63-57)36-11-5-2-6-12-36)32-51-52(50)60(46)47-16-8-14-43-45-30-40(26-28-49(45)65(51)54(43)47)34-19-23-38(24-20-34)59(68)69/h1-32H,(H,66,67)(H,68,69). The summed E-state index contributed by atoms with van der Waals surface area (Å²) in [6.45, 7) is -0.116. The summed E-state index contributed by atoms with van der Waals surface area (Å²) in [5, 5.41) is 23.7. The van der Waals surface area contributed by atoms with Gasteiger partial charge in [-0.1, -0.05) is 133 Å². The summed E-state index contributed by atoms with van der Waals surface area (Å²) in [6.07, 6.45) is 0. The Morgan fingerprint density at radius 3 is 1.20 bits per heavy atom. The molecule has 2 N–H and O–H groups in total. The lowest BCUT2D eigenvalue weighted by Gasteiger charge is -2.34. The Labute approximate surface area is 394 Å². The molecule has 12 aromatic rings. The monoisotopic (exact) mass is 887 g/mol. The molecule has 10 heteroatoms. The fraction of sp³-hybridized carbons (Fsp3) is 0. The number of carboxylic acid groups (broad SMARTS) is 2. The van der Waals surface area contributed by atoms with Gasteiger partial charge in [0.2, 0.25) is 0 Å². The van der Waals surface area contributed by atoms with Crippen LogP contribution in [0, 0.1) is 0 Å². The van der Waals surface area contributed by atoms with Crippen LogP contribution in [0.15, 0.2) is 194 Å². The number of benzene rings is 9. The Balaban J connectivity index is 1.07. The minimum Gasteiger partial charge on any atom is -0.478 e. The number of nitrogens with zero attached hydrogens (tertiary/aromatic N) is 5. The van der Waals surface area contributed by atoms with Crippen LogP contribution in [-0.2, 0) is 0 Å². The largest absolute Gasteiger partial charge is 0.478 e. The lowest BCUT2D eigenvalue weighted by atomic mass is 9.34. The van der Waals surface area contributed by atoms with Crippen molar-refractivity contribution in [3.63, 3.8) is 0 Å². The lowest BCUT2D eigenvalue weighted by Crippen LogP contribution is -2.59. The van der Waals surface area contributed by atoms with Gasteiger partial charge in [0.1, 0.15) is 0 Å². The Bertz CT molecular complexity index is 3920. The van der Waals surface area contributed by atoms with Crippen molar-refractivity contribution >= 4 is 78.7 Å². The highest BCUT2D eigenvalue weighted by Gasteiger charge is 2.41. The van der Waals surface area contributed by atoms with Crippen molar-refractivity contribution in [1.82, 2.24) is 24.1 Å². The Hall–Kier alpha value is -9.41. The first-order valence-corrected chi connectivity index (χ1v) is 22.7. The van der Waals surface area contributed by atoms with Crippen molar-refractivity contribution in [2.45, 2.75) is 0 Å². The molecule has 0 amide bonds. The first kappa shape index (κ1) is 38.8. The van der Waals surface area contributed by atoms with Gasteiger partial charge in [-0.25, -0.2) is 24.5 Å². The van der Waals surface area contributed by atoms with Crippen LogP contribution in [0.3, 0.4) is 0 Å². The minimum absolute atomic E-state index is 0.116. The van der Waals surface area contributed by atoms with E-state index in [9.17, 15) is 19.8 Å². The molecule has 0 aliphatic carbocycles. The summed E-state index contributed by atoms with van der Waals surface area (Å²) in [5.74, 6) is -0.199. The molecule has 0 saturated heterocycles. The van der Waals surface area contributed by atoms with E-state index >= 15 is 0 Å². The molecular weight excluding hydrogens is 853 g/mol. The quantitative estimate of drug-likeness (QED) is 0.153. The van der Waals surface area contributed by atoms with Crippen molar-refractivity contribution in [2.75, 3.05) is 0 Å². The number of carboxylic acids is 2. The first-order chi connectivity index (χ1) is 33.9. The van der Waals surface area contributed by atoms with Crippen LogP contribution in [0.25, 0.3) is 111 Å². The predicted molar refractivity (Wildman–Crippen MR) is 274 cm³/mol. The van der Waals surface area contributed by atoms with Crippen molar-refractivity contribution in [3.8, 4) is 67.8 Å². The zero-order chi connectivity index (χ0) is 46.1. The maximum atomic E-state index is 11.7. The van der Waals surface area contributed by atoms with E-state index < -0.39 is 11.9 Å².